The Morgan fingerprint density at radius 1 is 1.60 bits per heavy atom. The molecule has 0 radical (unpaired) electrons. The summed E-state index contributed by atoms with van der Waals surface area (Å²) < 4.78 is 5.17. The summed E-state index contributed by atoms with van der Waals surface area (Å²) in [5.74, 6) is 0.804. The third kappa shape index (κ3) is 1.65. The maximum atomic E-state index is 10.4. The second-order valence-corrected chi connectivity index (χ2v) is 4.05. The zero-order chi connectivity index (χ0) is 10.9. The SMILES string of the molecule is C=CCC1(O)CCc2ccc(OC)cc21. The standard InChI is InChI=1S/C13H16O2/c1-3-7-13(14)8-6-10-4-5-11(15-2)9-12(10)13/h3-5,9,14H,1,6-8H2,2H3. The van der Waals surface area contributed by atoms with E-state index >= 15 is 0 Å². The first kappa shape index (κ1) is 10.2. The van der Waals surface area contributed by atoms with Gasteiger partial charge in [0.25, 0.3) is 0 Å². The first-order valence-corrected chi connectivity index (χ1v) is 5.20. The van der Waals surface area contributed by atoms with Crippen molar-refractivity contribution >= 4 is 0 Å². The van der Waals surface area contributed by atoms with Crippen LogP contribution in [-0.4, -0.2) is 12.2 Å². The molecule has 1 unspecified atom stereocenters. The fraction of sp³-hybridized carbons (Fsp3) is 0.385. The third-order valence-corrected chi connectivity index (χ3v) is 3.11. The van der Waals surface area contributed by atoms with Gasteiger partial charge in [0, 0.05) is 0 Å². The number of hydrogen-bond donors (Lipinski definition) is 1. The van der Waals surface area contributed by atoms with Crippen molar-refractivity contribution in [2.45, 2.75) is 24.9 Å². The molecule has 0 saturated carbocycles. The van der Waals surface area contributed by atoms with E-state index < -0.39 is 5.60 Å². The van der Waals surface area contributed by atoms with Gasteiger partial charge in [0.15, 0.2) is 0 Å². The summed E-state index contributed by atoms with van der Waals surface area (Å²) in [6.07, 6.45) is 4.09. The molecule has 2 heteroatoms. The molecule has 1 N–H and O–H groups in total. The van der Waals surface area contributed by atoms with Crippen molar-refractivity contribution in [3.8, 4) is 5.75 Å². The van der Waals surface area contributed by atoms with Crippen LogP contribution < -0.4 is 4.74 Å². The van der Waals surface area contributed by atoms with Gasteiger partial charge in [0.2, 0.25) is 0 Å². The lowest BCUT2D eigenvalue weighted by Gasteiger charge is -2.22. The summed E-state index contributed by atoms with van der Waals surface area (Å²) in [5.41, 5.74) is 1.49. The van der Waals surface area contributed by atoms with Crippen molar-refractivity contribution < 1.29 is 9.84 Å². The third-order valence-electron chi connectivity index (χ3n) is 3.11. The number of ether oxygens (including phenoxy) is 1. The van der Waals surface area contributed by atoms with Crippen LogP contribution in [-0.2, 0) is 12.0 Å². The van der Waals surface area contributed by atoms with Crippen molar-refractivity contribution in [2.75, 3.05) is 7.11 Å². The first-order chi connectivity index (χ1) is 7.19. The molecule has 0 saturated heterocycles. The number of aryl methyl sites for hydroxylation is 1. The number of methoxy groups -OCH3 is 1. The minimum absolute atomic E-state index is 0.604. The molecule has 80 valence electrons. The van der Waals surface area contributed by atoms with Gasteiger partial charge < -0.3 is 9.84 Å². The molecule has 0 aliphatic heterocycles. The number of aliphatic hydroxyl groups is 1. The van der Waals surface area contributed by atoms with Crippen LogP contribution in [0.3, 0.4) is 0 Å². The molecular weight excluding hydrogens is 188 g/mol. The molecule has 0 spiro atoms. The van der Waals surface area contributed by atoms with Gasteiger partial charge in [-0.15, -0.1) is 6.58 Å². The van der Waals surface area contributed by atoms with Gasteiger partial charge in [-0.2, -0.15) is 0 Å². The molecule has 2 rings (SSSR count). The van der Waals surface area contributed by atoms with E-state index in [0.717, 1.165) is 24.2 Å². The summed E-state index contributed by atoms with van der Waals surface area (Å²) in [5, 5.41) is 10.4. The largest absolute Gasteiger partial charge is 0.497 e. The maximum absolute atomic E-state index is 10.4. The molecule has 1 aromatic rings. The lowest BCUT2D eigenvalue weighted by Crippen LogP contribution is -2.20. The van der Waals surface area contributed by atoms with Gasteiger partial charge in [-0.05, 0) is 42.5 Å². The Bertz CT molecular complexity index is 384. The normalized spacial score (nSPS) is 23.6. The number of hydrogen-bond acceptors (Lipinski definition) is 2. The topological polar surface area (TPSA) is 29.5 Å². The van der Waals surface area contributed by atoms with Crippen LogP contribution >= 0.6 is 0 Å². The van der Waals surface area contributed by atoms with E-state index in [1.807, 2.05) is 18.2 Å². The highest BCUT2D eigenvalue weighted by Crippen LogP contribution is 2.41. The van der Waals surface area contributed by atoms with Crippen LogP contribution in [0.4, 0.5) is 0 Å². The molecule has 1 aliphatic carbocycles. The molecule has 15 heavy (non-hydrogen) atoms. The van der Waals surface area contributed by atoms with E-state index in [0.29, 0.717) is 6.42 Å². The van der Waals surface area contributed by atoms with Crippen LogP contribution in [0.5, 0.6) is 5.75 Å². The predicted octanol–water partition coefficient (Wildman–Crippen LogP) is 2.41. The van der Waals surface area contributed by atoms with E-state index in [9.17, 15) is 5.11 Å². The second kappa shape index (κ2) is 3.70. The molecule has 0 heterocycles. The van der Waals surface area contributed by atoms with Crippen molar-refractivity contribution in [3.63, 3.8) is 0 Å². The highest BCUT2D eigenvalue weighted by atomic mass is 16.5. The Morgan fingerprint density at radius 3 is 3.07 bits per heavy atom. The van der Waals surface area contributed by atoms with Crippen LogP contribution in [0.1, 0.15) is 24.0 Å². The van der Waals surface area contributed by atoms with Crippen molar-refractivity contribution in [2.24, 2.45) is 0 Å². The minimum Gasteiger partial charge on any atom is -0.497 e. The Balaban J connectivity index is 2.43. The lowest BCUT2D eigenvalue weighted by atomic mass is 9.92. The van der Waals surface area contributed by atoms with Crippen LogP contribution in [0.25, 0.3) is 0 Å². The van der Waals surface area contributed by atoms with E-state index in [1.54, 1.807) is 13.2 Å². The molecular formula is C13H16O2. The van der Waals surface area contributed by atoms with Crippen molar-refractivity contribution in [1.82, 2.24) is 0 Å². The summed E-state index contributed by atoms with van der Waals surface area (Å²) >= 11 is 0. The average molecular weight is 204 g/mol. The maximum Gasteiger partial charge on any atom is 0.119 e. The molecule has 1 aromatic carbocycles. The summed E-state index contributed by atoms with van der Waals surface area (Å²) in [7, 11) is 1.64. The molecule has 1 aliphatic rings. The van der Waals surface area contributed by atoms with Gasteiger partial charge in [0.1, 0.15) is 5.75 Å². The van der Waals surface area contributed by atoms with E-state index in [4.69, 9.17) is 4.74 Å². The molecule has 0 aromatic heterocycles. The minimum atomic E-state index is -0.731. The van der Waals surface area contributed by atoms with Gasteiger partial charge in [-0.1, -0.05) is 12.1 Å². The highest BCUT2D eigenvalue weighted by Gasteiger charge is 2.35. The van der Waals surface area contributed by atoms with Crippen LogP contribution in [0.15, 0.2) is 30.9 Å². The van der Waals surface area contributed by atoms with Crippen LogP contribution in [0.2, 0.25) is 0 Å². The molecule has 1 atom stereocenters. The summed E-state index contributed by atoms with van der Waals surface area (Å²) in [4.78, 5) is 0. The van der Waals surface area contributed by atoms with Gasteiger partial charge >= 0.3 is 0 Å². The smallest absolute Gasteiger partial charge is 0.119 e. The molecule has 0 fully saturated rings. The summed E-state index contributed by atoms with van der Waals surface area (Å²) in [6, 6.07) is 5.92. The predicted molar refractivity (Wildman–Crippen MR) is 60.0 cm³/mol. The number of rotatable bonds is 3. The zero-order valence-corrected chi connectivity index (χ0v) is 8.99. The quantitative estimate of drug-likeness (QED) is 0.766. The van der Waals surface area contributed by atoms with Crippen molar-refractivity contribution in [1.29, 1.82) is 0 Å². The Kier molecular flexibility index (Phi) is 2.53. The monoisotopic (exact) mass is 204 g/mol. The Hall–Kier alpha value is -1.28. The second-order valence-electron chi connectivity index (χ2n) is 4.05. The molecule has 0 bridgehead atoms. The number of benzene rings is 1. The highest BCUT2D eigenvalue weighted by molar-refractivity contribution is 5.43. The molecule has 0 amide bonds. The Labute approximate surface area is 90.2 Å². The number of fused-ring (bicyclic) bond motifs is 1. The van der Waals surface area contributed by atoms with E-state index in [2.05, 4.69) is 6.58 Å². The first-order valence-electron chi connectivity index (χ1n) is 5.20. The van der Waals surface area contributed by atoms with Gasteiger partial charge in [0.05, 0.1) is 12.7 Å². The molecule has 2 nitrogen and oxygen atoms in total. The van der Waals surface area contributed by atoms with Crippen LogP contribution in [0, 0.1) is 0 Å². The average Bonchev–Trinajstić information content (AvgIpc) is 2.57. The Morgan fingerprint density at radius 2 is 2.40 bits per heavy atom. The summed E-state index contributed by atoms with van der Waals surface area (Å²) in [6.45, 7) is 3.69. The van der Waals surface area contributed by atoms with E-state index in [-0.39, 0.29) is 0 Å². The van der Waals surface area contributed by atoms with Gasteiger partial charge in [-0.25, -0.2) is 0 Å². The fourth-order valence-corrected chi connectivity index (χ4v) is 2.26. The van der Waals surface area contributed by atoms with Gasteiger partial charge in [-0.3, -0.25) is 0 Å². The van der Waals surface area contributed by atoms with Crippen molar-refractivity contribution in [3.05, 3.63) is 42.0 Å². The zero-order valence-electron chi connectivity index (χ0n) is 8.99. The fourth-order valence-electron chi connectivity index (χ4n) is 2.26. The van der Waals surface area contributed by atoms with E-state index in [1.165, 1.54) is 5.56 Å². The lowest BCUT2D eigenvalue weighted by molar-refractivity contribution is 0.0417.